The van der Waals surface area contributed by atoms with E-state index < -0.39 is 5.97 Å². The second-order valence-electron chi connectivity index (χ2n) is 4.38. The van der Waals surface area contributed by atoms with Gasteiger partial charge < -0.3 is 10.4 Å². The molecule has 1 heterocycles. The maximum atomic E-state index is 10.8. The van der Waals surface area contributed by atoms with E-state index in [1.165, 1.54) is 6.42 Å². The van der Waals surface area contributed by atoms with Crippen LogP contribution in [0, 0.1) is 17.8 Å². The Kier molecular flexibility index (Phi) is 4.20. The standard InChI is InChI=1S/C10H17NO2.ClH/c12-10(13)8-3-1-2-7(4-8)9-5-11-6-9;/h7-9,11H,1-6H2,(H,12,13);1H. The summed E-state index contributed by atoms with van der Waals surface area (Å²) in [4.78, 5) is 10.8. The summed E-state index contributed by atoms with van der Waals surface area (Å²) in [6.07, 6.45) is 4.17. The molecule has 0 spiro atoms. The van der Waals surface area contributed by atoms with Crippen molar-refractivity contribution in [2.24, 2.45) is 17.8 Å². The van der Waals surface area contributed by atoms with E-state index in [4.69, 9.17) is 5.11 Å². The Morgan fingerprint density at radius 2 is 1.93 bits per heavy atom. The van der Waals surface area contributed by atoms with Crippen LogP contribution in [-0.2, 0) is 4.79 Å². The van der Waals surface area contributed by atoms with E-state index >= 15 is 0 Å². The first kappa shape index (κ1) is 11.8. The van der Waals surface area contributed by atoms with Crippen LogP contribution in [0.5, 0.6) is 0 Å². The molecule has 3 nitrogen and oxygen atoms in total. The fourth-order valence-corrected chi connectivity index (χ4v) is 2.52. The monoisotopic (exact) mass is 219 g/mol. The number of aliphatic carboxylic acids is 1. The van der Waals surface area contributed by atoms with Crippen LogP contribution in [0.4, 0.5) is 0 Å². The van der Waals surface area contributed by atoms with Gasteiger partial charge in [0.15, 0.2) is 0 Å². The molecule has 1 aliphatic heterocycles. The third-order valence-electron chi connectivity index (χ3n) is 3.54. The Labute approximate surface area is 90.7 Å². The van der Waals surface area contributed by atoms with Gasteiger partial charge in [-0.3, -0.25) is 4.79 Å². The molecule has 1 saturated heterocycles. The van der Waals surface area contributed by atoms with Gasteiger partial charge in [-0.2, -0.15) is 0 Å². The highest BCUT2D eigenvalue weighted by Gasteiger charge is 2.33. The molecule has 0 aromatic heterocycles. The van der Waals surface area contributed by atoms with Crippen LogP contribution in [0.3, 0.4) is 0 Å². The highest BCUT2D eigenvalue weighted by molar-refractivity contribution is 5.85. The van der Waals surface area contributed by atoms with Crippen molar-refractivity contribution in [1.82, 2.24) is 5.32 Å². The van der Waals surface area contributed by atoms with Crippen LogP contribution in [0.2, 0.25) is 0 Å². The Morgan fingerprint density at radius 1 is 1.21 bits per heavy atom. The predicted molar refractivity (Wildman–Crippen MR) is 56.7 cm³/mol. The topological polar surface area (TPSA) is 49.3 Å². The minimum atomic E-state index is -0.586. The number of carboxylic acid groups (broad SMARTS) is 1. The highest BCUT2D eigenvalue weighted by atomic mass is 35.5. The molecule has 2 aliphatic rings. The van der Waals surface area contributed by atoms with Crippen molar-refractivity contribution in [2.45, 2.75) is 25.7 Å². The number of nitrogens with one attached hydrogen (secondary N) is 1. The first-order chi connectivity index (χ1) is 6.27. The minimum absolute atomic E-state index is 0. The van der Waals surface area contributed by atoms with Gasteiger partial charge in [0.25, 0.3) is 0 Å². The summed E-state index contributed by atoms with van der Waals surface area (Å²) in [7, 11) is 0. The summed E-state index contributed by atoms with van der Waals surface area (Å²) in [5.74, 6) is 0.801. The zero-order chi connectivity index (χ0) is 9.26. The molecule has 0 amide bonds. The van der Waals surface area contributed by atoms with E-state index in [-0.39, 0.29) is 18.3 Å². The van der Waals surface area contributed by atoms with Gasteiger partial charge in [-0.1, -0.05) is 12.8 Å². The maximum absolute atomic E-state index is 10.8. The van der Waals surface area contributed by atoms with Gasteiger partial charge in [0.05, 0.1) is 5.92 Å². The molecule has 82 valence electrons. The average molecular weight is 220 g/mol. The summed E-state index contributed by atoms with van der Waals surface area (Å²) in [5, 5.41) is 12.2. The molecule has 0 bridgehead atoms. The second kappa shape index (κ2) is 4.99. The normalized spacial score (nSPS) is 32.9. The Bertz CT molecular complexity index is 206. The SMILES string of the molecule is Cl.O=C(O)C1CCCC(C2CNC2)C1. The van der Waals surface area contributed by atoms with Crippen molar-refractivity contribution in [1.29, 1.82) is 0 Å². The minimum Gasteiger partial charge on any atom is -0.481 e. The number of carbonyl (C=O) groups is 1. The van der Waals surface area contributed by atoms with Crippen molar-refractivity contribution in [3.63, 3.8) is 0 Å². The molecule has 4 heteroatoms. The van der Waals surface area contributed by atoms with Crippen molar-refractivity contribution in [2.75, 3.05) is 13.1 Å². The van der Waals surface area contributed by atoms with Crippen LogP contribution in [-0.4, -0.2) is 24.2 Å². The molecule has 2 atom stereocenters. The fourth-order valence-electron chi connectivity index (χ4n) is 2.52. The van der Waals surface area contributed by atoms with E-state index in [2.05, 4.69) is 5.32 Å². The Balaban J connectivity index is 0.000000980. The number of hydrogen-bond acceptors (Lipinski definition) is 2. The molecule has 2 rings (SSSR count). The first-order valence-corrected chi connectivity index (χ1v) is 5.21. The lowest BCUT2D eigenvalue weighted by atomic mass is 9.73. The van der Waals surface area contributed by atoms with Gasteiger partial charge in [-0.25, -0.2) is 0 Å². The van der Waals surface area contributed by atoms with Crippen LogP contribution in [0.25, 0.3) is 0 Å². The largest absolute Gasteiger partial charge is 0.481 e. The third kappa shape index (κ3) is 2.39. The zero-order valence-corrected chi connectivity index (χ0v) is 9.05. The van der Waals surface area contributed by atoms with Gasteiger partial charge in [0, 0.05) is 0 Å². The molecular weight excluding hydrogens is 202 g/mol. The van der Waals surface area contributed by atoms with Crippen molar-refractivity contribution >= 4 is 18.4 Å². The highest BCUT2D eigenvalue weighted by Crippen LogP contribution is 2.35. The van der Waals surface area contributed by atoms with Crippen LogP contribution >= 0.6 is 12.4 Å². The molecule has 1 saturated carbocycles. The van der Waals surface area contributed by atoms with Crippen LogP contribution in [0.15, 0.2) is 0 Å². The molecule has 0 aromatic rings. The van der Waals surface area contributed by atoms with Gasteiger partial charge in [0.1, 0.15) is 0 Å². The van der Waals surface area contributed by atoms with Crippen molar-refractivity contribution in [3.05, 3.63) is 0 Å². The van der Waals surface area contributed by atoms with E-state index in [0.29, 0.717) is 5.92 Å². The summed E-state index contributed by atoms with van der Waals surface area (Å²) >= 11 is 0. The lowest BCUT2D eigenvalue weighted by Gasteiger charge is -2.38. The second-order valence-corrected chi connectivity index (χ2v) is 4.38. The fraction of sp³-hybridized carbons (Fsp3) is 0.900. The van der Waals surface area contributed by atoms with Crippen LogP contribution in [0.1, 0.15) is 25.7 Å². The number of rotatable bonds is 2. The molecule has 2 N–H and O–H groups in total. The summed E-state index contributed by atoms with van der Waals surface area (Å²) in [6, 6.07) is 0. The lowest BCUT2D eigenvalue weighted by molar-refractivity contribution is -0.143. The number of halogens is 1. The first-order valence-electron chi connectivity index (χ1n) is 5.21. The molecular formula is C10H18ClNO2. The van der Waals surface area contributed by atoms with E-state index in [9.17, 15) is 4.79 Å². The van der Waals surface area contributed by atoms with Gasteiger partial charge in [0.2, 0.25) is 0 Å². The lowest BCUT2D eigenvalue weighted by Crippen LogP contribution is -2.47. The van der Waals surface area contributed by atoms with Gasteiger partial charge in [-0.15, -0.1) is 12.4 Å². The summed E-state index contributed by atoms with van der Waals surface area (Å²) < 4.78 is 0. The maximum Gasteiger partial charge on any atom is 0.306 e. The average Bonchev–Trinajstić information content (AvgIpc) is 2.01. The van der Waals surface area contributed by atoms with Crippen molar-refractivity contribution < 1.29 is 9.90 Å². The van der Waals surface area contributed by atoms with E-state index in [1.807, 2.05) is 0 Å². The van der Waals surface area contributed by atoms with Crippen LogP contribution < -0.4 is 5.32 Å². The van der Waals surface area contributed by atoms with Crippen molar-refractivity contribution in [3.8, 4) is 0 Å². The zero-order valence-electron chi connectivity index (χ0n) is 8.24. The van der Waals surface area contributed by atoms with Gasteiger partial charge >= 0.3 is 5.97 Å². The number of hydrogen-bond donors (Lipinski definition) is 2. The quantitative estimate of drug-likeness (QED) is 0.741. The van der Waals surface area contributed by atoms with E-state index in [0.717, 1.165) is 38.3 Å². The Hall–Kier alpha value is -0.280. The smallest absolute Gasteiger partial charge is 0.306 e. The molecule has 1 aliphatic carbocycles. The number of carboxylic acids is 1. The van der Waals surface area contributed by atoms with E-state index in [1.54, 1.807) is 0 Å². The van der Waals surface area contributed by atoms with Gasteiger partial charge in [-0.05, 0) is 37.8 Å². The summed E-state index contributed by atoms with van der Waals surface area (Å²) in [5.41, 5.74) is 0. The summed E-state index contributed by atoms with van der Waals surface area (Å²) in [6.45, 7) is 2.22. The molecule has 2 fully saturated rings. The molecule has 14 heavy (non-hydrogen) atoms. The third-order valence-corrected chi connectivity index (χ3v) is 3.54. The molecule has 0 aromatic carbocycles. The molecule has 2 unspecified atom stereocenters. The molecule has 0 radical (unpaired) electrons. The Morgan fingerprint density at radius 3 is 2.43 bits per heavy atom. The predicted octanol–water partition coefficient (Wildman–Crippen LogP) is 1.52.